The van der Waals surface area contributed by atoms with Crippen molar-refractivity contribution < 1.29 is 9.59 Å². The highest BCUT2D eigenvalue weighted by Gasteiger charge is 2.23. The molecule has 0 aromatic heterocycles. The first kappa shape index (κ1) is 18.9. The van der Waals surface area contributed by atoms with Crippen LogP contribution in [0.5, 0.6) is 0 Å². The van der Waals surface area contributed by atoms with Gasteiger partial charge in [-0.25, -0.2) is 0 Å². The molecule has 0 unspecified atom stereocenters. The Kier molecular flexibility index (Phi) is 7.24. The first-order valence-electron chi connectivity index (χ1n) is 8.48. The van der Waals surface area contributed by atoms with Crippen molar-refractivity contribution >= 4 is 33.4 Å². The fourth-order valence-electron chi connectivity index (χ4n) is 3.08. The molecular weight excluding hydrogens is 370 g/mol. The van der Waals surface area contributed by atoms with Gasteiger partial charge in [-0.05, 0) is 53.9 Å². The van der Waals surface area contributed by atoms with Crippen LogP contribution in [0.15, 0.2) is 28.7 Å². The van der Waals surface area contributed by atoms with E-state index in [9.17, 15) is 9.59 Å². The topological polar surface area (TPSA) is 61.4 Å². The summed E-state index contributed by atoms with van der Waals surface area (Å²) in [6.07, 6.45) is 4.66. The first-order chi connectivity index (χ1) is 11.5. The number of nitrogens with zero attached hydrogens (tertiary/aromatic N) is 1. The van der Waals surface area contributed by atoms with E-state index in [1.807, 2.05) is 24.3 Å². The van der Waals surface area contributed by atoms with E-state index in [-0.39, 0.29) is 30.9 Å². The van der Waals surface area contributed by atoms with Crippen LogP contribution in [-0.4, -0.2) is 42.9 Å². The van der Waals surface area contributed by atoms with Gasteiger partial charge < -0.3 is 10.6 Å². The number of nitrogens with one attached hydrogen (secondary N) is 2. The van der Waals surface area contributed by atoms with E-state index in [0.29, 0.717) is 5.92 Å². The fourth-order valence-corrected chi connectivity index (χ4v) is 3.47. The molecule has 0 spiro atoms. The van der Waals surface area contributed by atoms with E-state index in [1.54, 1.807) is 11.9 Å². The predicted molar refractivity (Wildman–Crippen MR) is 99.8 cm³/mol. The Bertz CT molecular complexity index is 579. The van der Waals surface area contributed by atoms with Crippen molar-refractivity contribution in [3.8, 4) is 0 Å². The lowest BCUT2D eigenvalue weighted by Crippen LogP contribution is -2.46. The number of likely N-dealkylation sites (N-methyl/N-ethyl adjacent to an activating group) is 1. The molecule has 2 N–H and O–H groups in total. The summed E-state index contributed by atoms with van der Waals surface area (Å²) in [7, 11) is 1.78. The number of amides is 2. The molecule has 1 aromatic rings. The number of rotatable bonds is 6. The molecule has 1 aliphatic carbocycles. The van der Waals surface area contributed by atoms with Crippen molar-refractivity contribution in [2.75, 3.05) is 25.5 Å². The van der Waals surface area contributed by atoms with Crippen LogP contribution in [0, 0.1) is 5.92 Å². The van der Waals surface area contributed by atoms with E-state index < -0.39 is 0 Å². The number of benzene rings is 1. The van der Waals surface area contributed by atoms with Crippen LogP contribution in [0.4, 0.5) is 5.69 Å². The minimum absolute atomic E-state index is 0.00931. The van der Waals surface area contributed by atoms with Crippen LogP contribution in [0.3, 0.4) is 0 Å². The zero-order chi connectivity index (χ0) is 17.5. The molecule has 0 heterocycles. The fraction of sp³-hybridized carbons (Fsp3) is 0.556. The van der Waals surface area contributed by atoms with Crippen LogP contribution >= 0.6 is 15.9 Å². The van der Waals surface area contributed by atoms with Crippen molar-refractivity contribution in [1.29, 1.82) is 0 Å². The minimum Gasteiger partial charge on any atom is -0.352 e. The smallest absolute Gasteiger partial charge is 0.238 e. The summed E-state index contributed by atoms with van der Waals surface area (Å²) in [5, 5.41) is 5.96. The minimum atomic E-state index is -0.136. The normalized spacial score (nSPS) is 20.7. The van der Waals surface area contributed by atoms with Crippen LogP contribution in [0.1, 0.15) is 32.6 Å². The van der Waals surface area contributed by atoms with Crippen LogP contribution in [0.2, 0.25) is 0 Å². The van der Waals surface area contributed by atoms with Gasteiger partial charge in [0.15, 0.2) is 0 Å². The zero-order valence-electron chi connectivity index (χ0n) is 14.3. The highest BCUT2D eigenvalue weighted by molar-refractivity contribution is 9.10. The van der Waals surface area contributed by atoms with Crippen molar-refractivity contribution in [3.63, 3.8) is 0 Å². The molecule has 1 fully saturated rings. The summed E-state index contributed by atoms with van der Waals surface area (Å²) in [6.45, 7) is 2.60. The second kappa shape index (κ2) is 9.18. The third-order valence-corrected chi connectivity index (χ3v) is 5.12. The van der Waals surface area contributed by atoms with E-state index in [4.69, 9.17) is 0 Å². The quantitative estimate of drug-likeness (QED) is 0.777. The molecule has 2 amide bonds. The zero-order valence-corrected chi connectivity index (χ0v) is 15.9. The summed E-state index contributed by atoms with van der Waals surface area (Å²) < 4.78 is 0.838. The van der Waals surface area contributed by atoms with Crippen LogP contribution in [-0.2, 0) is 9.59 Å². The highest BCUT2D eigenvalue weighted by Crippen LogP contribution is 2.23. The summed E-state index contributed by atoms with van der Waals surface area (Å²) >= 11 is 3.40. The molecular formula is C18H26BrN3O2. The SMILES string of the molecule is C[C@@H]1CCCC[C@@H]1NC(=O)CN(C)CC(=O)Nc1ccccc1Br. The Balaban J connectivity index is 1.75. The second-order valence-corrected chi connectivity index (χ2v) is 7.49. The van der Waals surface area contributed by atoms with Crippen molar-refractivity contribution in [2.45, 2.75) is 38.6 Å². The number of para-hydroxylation sites is 1. The number of anilines is 1. The molecule has 2 rings (SSSR count). The molecule has 5 nitrogen and oxygen atoms in total. The third kappa shape index (κ3) is 5.91. The first-order valence-corrected chi connectivity index (χ1v) is 9.27. The maximum atomic E-state index is 12.2. The van der Waals surface area contributed by atoms with Gasteiger partial charge in [0.05, 0.1) is 18.8 Å². The van der Waals surface area contributed by atoms with E-state index >= 15 is 0 Å². The summed E-state index contributed by atoms with van der Waals surface area (Å²) in [6, 6.07) is 7.73. The van der Waals surface area contributed by atoms with E-state index in [1.165, 1.54) is 19.3 Å². The maximum Gasteiger partial charge on any atom is 0.238 e. The van der Waals surface area contributed by atoms with Crippen molar-refractivity contribution in [2.24, 2.45) is 5.92 Å². The third-order valence-electron chi connectivity index (χ3n) is 4.43. The summed E-state index contributed by atoms with van der Waals surface area (Å²) in [5.74, 6) is 0.389. The number of carbonyl (C=O) groups is 2. The molecule has 0 bridgehead atoms. The van der Waals surface area contributed by atoms with Crippen molar-refractivity contribution in [3.05, 3.63) is 28.7 Å². The van der Waals surface area contributed by atoms with Gasteiger partial charge in [0, 0.05) is 10.5 Å². The van der Waals surface area contributed by atoms with Gasteiger partial charge in [-0.3, -0.25) is 14.5 Å². The lowest BCUT2D eigenvalue weighted by molar-refractivity contribution is -0.124. The van der Waals surface area contributed by atoms with Gasteiger partial charge in [-0.2, -0.15) is 0 Å². The molecule has 1 saturated carbocycles. The number of carbonyl (C=O) groups excluding carboxylic acids is 2. The Morgan fingerprint density at radius 2 is 1.83 bits per heavy atom. The number of halogens is 1. The lowest BCUT2D eigenvalue weighted by atomic mass is 9.86. The standard InChI is InChI=1S/C18H26BrN3O2/c1-13-7-3-5-9-15(13)20-17(23)11-22(2)12-18(24)21-16-10-6-4-8-14(16)19/h4,6,8,10,13,15H,3,5,7,9,11-12H2,1-2H3,(H,20,23)(H,21,24)/t13-,15+/m1/s1. The molecule has 1 aliphatic rings. The Labute approximate surface area is 152 Å². The van der Waals surface area contributed by atoms with Gasteiger partial charge in [0.2, 0.25) is 11.8 Å². The van der Waals surface area contributed by atoms with E-state index in [2.05, 4.69) is 33.5 Å². The average molecular weight is 396 g/mol. The number of hydrogen-bond acceptors (Lipinski definition) is 3. The van der Waals surface area contributed by atoms with Gasteiger partial charge in [-0.15, -0.1) is 0 Å². The molecule has 0 radical (unpaired) electrons. The van der Waals surface area contributed by atoms with Gasteiger partial charge >= 0.3 is 0 Å². The summed E-state index contributed by atoms with van der Waals surface area (Å²) in [5.41, 5.74) is 0.733. The van der Waals surface area contributed by atoms with Crippen LogP contribution < -0.4 is 10.6 Å². The molecule has 0 saturated heterocycles. The average Bonchev–Trinajstić information content (AvgIpc) is 2.51. The molecule has 24 heavy (non-hydrogen) atoms. The largest absolute Gasteiger partial charge is 0.352 e. The number of hydrogen-bond donors (Lipinski definition) is 2. The molecule has 6 heteroatoms. The Morgan fingerprint density at radius 1 is 1.17 bits per heavy atom. The highest BCUT2D eigenvalue weighted by atomic mass is 79.9. The summed E-state index contributed by atoms with van der Waals surface area (Å²) in [4.78, 5) is 26.0. The second-order valence-electron chi connectivity index (χ2n) is 6.64. The Morgan fingerprint density at radius 3 is 2.54 bits per heavy atom. The molecule has 0 aliphatic heterocycles. The Hall–Kier alpha value is -1.40. The predicted octanol–water partition coefficient (Wildman–Crippen LogP) is 3.01. The van der Waals surface area contributed by atoms with E-state index in [0.717, 1.165) is 16.6 Å². The van der Waals surface area contributed by atoms with Crippen LogP contribution in [0.25, 0.3) is 0 Å². The molecule has 1 aromatic carbocycles. The monoisotopic (exact) mass is 395 g/mol. The maximum absolute atomic E-state index is 12.2. The van der Waals surface area contributed by atoms with Crippen molar-refractivity contribution in [1.82, 2.24) is 10.2 Å². The molecule has 2 atom stereocenters. The van der Waals surface area contributed by atoms with Gasteiger partial charge in [0.25, 0.3) is 0 Å². The van der Waals surface area contributed by atoms with Gasteiger partial charge in [-0.1, -0.05) is 31.9 Å². The molecule has 132 valence electrons. The lowest BCUT2D eigenvalue weighted by Gasteiger charge is -2.30. The van der Waals surface area contributed by atoms with Gasteiger partial charge in [0.1, 0.15) is 0 Å².